The molecule has 0 aromatic carbocycles. The Morgan fingerprint density at radius 1 is 1.50 bits per heavy atom. The van der Waals surface area contributed by atoms with Gasteiger partial charge in [0.05, 0.1) is 18.6 Å². The predicted molar refractivity (Wildman–Crippen MR) is 35.7 cm³/mol. The second-order valence-corrected chi connectivity index (χ2v) is 2.65. The van der Waals surface area contributed by atoms with Gasteiger partial charge in [0.2, 0.25) is 0 Å². The van der Waals surface area contributed by atoms with Gasteiger partial charge >= 0.3 is 0 Å². The Kier molecular flexibility index (Phi) is 10.1. The Bertz CT molecular complexity index is 109. The molecule has 0 aliphatic rings. The molecule has 1 radical (unpaired) electrons. The van der Waals surface area contributed by atoms with Gasteiger partial charge in [-0.25, -0.2) is 0 Å². The molecule has 0 saturated carbocycles. The fourth-order valence-electron chi connectivity index (χ4n) is 0.733. The van der Waals surface area contributed by atoms with Crippen LogP contribution in [0.25, 0.3) is 0 Å². The maximum atomic E-state index is 9.00. The number of nitrogens with zero attached hydrogens (tertiary/aromatic N) is 1. The average Bonchev–Trinajstić information content (AvgIpc) is 1.63. The van der Waals surface area contributed by atoms with Gasteiger partial charge in [0.1, 0.15) is 0 Å². The second-order valence-electron chi connectivity index (χ2n) is 2.65. The molecule has 2 nitrogen and oxygen atoms in total. The first kappa shape index (κ1) is 13.2. The number of nitriles is 1. The third kappa shape index (κ3) is 8.55. The molecule has 0 heterocycles. The summed E-state index contributed by atoms with van der Waals surface area (Å²) in [6.45, 7) is 4.06. The summed E-state index contributed by atoms with van der Waals surface area (Å²) < 4.78 is 0. The van der Waals surface area contributed by atoms with Crippen LogP contribution >= 0.6 is 0 Å². The first-order valence-electron chi connectivity index (χ1n) is 3.21. The molecule has 0 saturated heterocycles. The van der Waals surface area contributed by atoms with E-state index in [1.54, 1.807) is 0 Å². The monoisotopic (exact) mass is 216 g/mol. The van der Waals surface area contributed by atoms with Gasteiger partial charge in [-0.15, -0.1) is 0 Å². The molecular formula is C7H13NOY. The van der Waals surface area contributed by atoms with Gasteiger partial charge in [-0.3, -0.25) is 0 Å². The van der Waals surface area contributed by atoms with Crippen LogP contribution in [0.1, 0.15) is 26.7 Å². The quantitative estimate of drug-likeness (QED) is 0.772. The minimum Gasteiger partial charge on any atom is -0.392 e. The molecule has 1 unspecified atom stereocenters. The second kappa shape index (κ2) is 7.66. The molecular weight excluding hydrogens is 203 g/mol. The maximum absolute atomic E-state index is 9.00. The SMILES string of the molecule is CC(C)CC(O)CC#N.[Y]. The summed E-state index contributed by atoms with van der Waals surface area (Å²) in [6.07, 6.45) is 0.571. The van der Waals surface area contributed by atoms with E-state index in [0.29, 0.717) is 5.92 Å². The largest absolute Gasteiger partial charge is 0.392 e. The summed E-state index contributed by atoms with van der Waals surface area (Å²) in [4.78, 5) is 0. The number of aliphatic hydroxyl groups excluding tert-OH is 1. The molecule has 10 heavy (non-hydrogen) atoms. The van der Waals surface area contributed by atoms with Gasteiger partial charge < -0.3 is 5.11 Å². The Labute approximate surface area is 87.5 Å². The van der Waals surface area contributed by atoms with E-state index in [-0.39, 0.29) is 39.1 Å². The first-order valence-corrected chi connectivity index (χ1v) is 3.21. The molecule has 55 valence electrons. The van der Waals surface area contributed by atoms with Crippen LogP contribution in [-0.2, 0) is 32.7 Å². The Hall–Kier alpha value is 0.554. The summed E-state index contributed by atoms with van der Waals surface area (Å²) in [5.41, 5.74) is 0. The van der Waals surface area contributed by atoms with Gasteiger partial charge in [-0.05, 0) is 12.3 Å². The van der Waals surface area contributed by atoms with Crippen LogP contribution in [-0.4, -0.2) is 11.2 Å². The summed E-state index contributed by atoms with van der Waals surface area (Å²) in [5.74, 6) is 0.480. The zero-order chi connectivity index (χ0) is 7.28. The van der Waals surface area contributed by atoms with Crippen molar-refractivity contribution in [1.82, 2.24) is 0 Å². The summed E-state index contributed by atoms with van der Waals surface area (Å²) >= 11 is 0. The number of rotatable bonds is 3. The van der Waals surface area contributed by atoms with E-state index in [1.807, 2.05) is 19.9 Å². The van der Waals surface area contributed by atoms with E-state index >= 15 is 0 Å². The zero-order valence-corrected chi connectivity index (χ0v) is 9.38. The molecule has 0 amide bonds. The molecule has 0 rings (SSSR count). The van der Waals surface area contributed by atoms with Crippen LogP contribution in [0.3, 0.4) is 0 Å². The molecule has 0 spiro atoms. The van der Waals surface area contributed by atoms with E-state index in [9.17, 15) is 0 Å². The minimum absolute atomic E-state index is 0. The van der Waals surface area contributed by atoms with E-state index in [4.69, 9.17) is 10.4 Å². The van der Waals surface area contributed by atoms with Crippen LogP contribution in [0.2, 0.25) is 0 Å². The summed E-state index contributed by atoms with van der Waals surface area (Å²) in [5, 5.41) is 17.1. The van der Waals surface area contributed by atoms with Crippen LogP contribution in [0, 0.1) is 17.2 Å². The van der Waals surface area contributed by atoms with Crippen molar-refractivity contribution in [2.75, 3.05) is 0 Å². The van der Waals surface area contributed by atoms with E-state index in [1.165, 1.54) is 0 Å². The number of hydrogen-bond donors (Lipinski definition) is 1. The normalized spacial score (nSPS) is 11.9. The smallest absolute Gasteiger partial charge is 0.0672 e. The maximum Gasteiger partial charge on any atom is 0.0672 e. The zero-order valence-electron chi connectivity index (χ0n) is 6.54. The Morgan fingerprint density at radius 3 is 2.30 bits per heavy atom. The third-order valence-corrected chi connectivity index (χ3v) is 1.07. The van der Waals surface area contributed by atoms with Crippen molar-refractivity contribution in [2.24, 2.45) is 5.92 Å². The van der Waals surface area contributed by atoms with Crippen LogP contribution in [0.4, 0.5) is 0 Å². The molecule has 0 aliphatic carbocycles. The number of aliphatic hydroxyl groups is 1. The van der Waals surface area contributed by atoms with Gasteiger partial charge in [0.25, 0.3) is 0 Å². The molecule has 0 fully saturated rings. The van der Waals surface area contributed by atoms with Crippen LogP contribution in [0.15, 0.2) is 0 Å². The molecule has 0 bridgehead atoms. The Balaban J connectivity index is 0. The van der Waals surface area contributed by atoms with Gasteiger partial charge in [-0.1, -0.05) is 13.8 Å². The number of hydrogen-bond acceptors (Lipinski definition) is 2. The van der Waals surface area contributed by atoms with Crippen molar-refractivity contribution in [3.63, 3.8) is 0 Å². The topological polar surface area (TPSA) is 44.0 Å². The molecule has 3 heteroatoms. The van der Waals surface area contributed by atoms with Gasteiger partial charge in [0.15, 0.2) is 0 Å². The van der Waals surface area contributed by atoms with Crippen molar-refractivity contribution in [3.8, 4) is 6.07 Å². The van der Waals surface area contributed by atoms with Gasteiger partial charge in [0, 0.05) is 32.7 Å². The van der Waals surface area contributed by atoms with Crippen molar-refractivity contribution in [3.05, 3.63) is 0 Å². The van der Waals surface area contributed by atoms with Crippen molar-refractivity contribution in [2.45, 2.75) is 32.8 Å². The van der Waals surface area contributed by atoms with Crippen LogP contribution in [0.5, 0.6) is 0 Å². The third-order valence-electron chi connectivity index (χ3n) is 1.07. The summed E-state index contributed by atoms with van der Waals surface area (Å²) in [6, 6.07) is 1.92. The summed E-state index contributed by atoms with van der Waals surface area (Å²) in [7, 11) is 0. The van der Waals surface area contributed by atoms with Crippen LogP contribution < -0.4 is 0 Å². The predicted octanol–water partition coefficient (Wildman–Crippen LogP) is 1.30. The molecule has 1 N–H and O–H groups in total. The van der Waals surface area contributed by atoms with E-state index in [0.717, 1.165) is 6.42 Å². The van der Waals surface area contributed by atoms with Crippen molar-refractivity contribution >= 4 is 0 Å². The standard InChI is InChI=1S/C7H13NO.Y/c1-6(2)5-7(9)3-4-8;/h6-7,9H,3,5H2,1-2H3;. The molecule has 1 atom stereocenters. The molecule has 0 aliphatic heterocycles. The van der Waals surface area contributed by atoms with Gasteiger partial charge in [-0.2, -0.15) is 5.26 Å². The first-order chi connectivity index (χ1) is 4.16. The average molecular weight is 216 g/mol. The van der Waals surface area contributed by atoms with Crippen molar-refractivity contribution in [1.29, 1.82) is 5.26 Å². The Morgan fingerprint density at radius 2 is 2.00 bits per heavy atom. The molecule has 0 aromatic rings. The molecule has 0 aromatic heterocycles. The van der Waals surface area contributed by atoms with Crippen molar-refractivity contribution < 1.29 is 37.8 Å². The fraction of sp³-hybridized carbons (Fsp3) is 0.857. The fourth-order valence-corrected chi connectivity index (χ4v) is 0.733. The minimum atomic E-state index is -0.421. The van der Waals surface area contributed by atoms with E-state index < -0.39 is 6.10 Å². The van der Waals surface area contributed by atoms with E-state index in [2.05, 4.69) is 0 Å².